The van der Waals surface area contributed by atoms with Crippen molar-refractivity contribution >= 4 is 5.91 Å². The number of carbonyl (C=O) groups is 1. The monoisotopic (exact) mass is 292 g/mol. The fraction of sp³-hybridized carbons (Fsp3) is 0.571. The number of hydrogen-bond acceptors (Lipinski definition) is 6. The van der Waals surface area contributed by atoms with E-state index in [-0.39, 0.29) is 17.6 Å². The van der Waals surface area contributed by atoms with Crippen LogP contribution in [0.2, 0.25) is 0 Å². The van der Waals surface area contributed by atoms with Crippen molar-refractivity contribution in [3.05, 3.63) is 29.1 Å². The molecule has 2 heterocycles. The van der Waals surface area contributed by atoms with Gasteiger partial charge in [-0.25, -0.2) is 4.98 Å². The summed E-state index contributed by atoms with van der Waals surface area (Å²) in [5, 5.41) is 6.64. The standard InChI is InChI=1S/C14H20N4O3/c1-5-10-16-9(4)12(20-10)14(19)15-7-6-11-17-13(8(2)3)18-21-11/h8H,5-7H2,1-4H3,(H,15,19). The molecular formula is C14H20N4O3. The number of amides is 1. The molecule has 2 rings (SSSR count). The average molecular weight is 292 g/mol. The smallest absolute Gasteiger partial charge is 0.289 e. The van der Waals surface area contributed by atoms with Gasteiger partial charge < -0.3 is 14.3 Å². The van der Waals surface area contributed by atoms with Crippen molar-refractivity contribution in [2.75, 3.05) is 6.54 Å². The lowest BCUT2D eigenvalue weighted by Gasteiger charge is -2.00. The van der Waals surface area contributed by atoms with Gasteiger partial charge in [0.15, 0.2) is 11.7 Å². The number of nitrogens with one attached hydrogen (secondary N) is 1. The van der Waals surface area contributed by atoms with Crippen molar-refractivity contribution < 1.29 is 13.7 Å². The zero-order chi connectivity index (χ0) is 15.4. The number of aromatic nitrogens is 3. The molecule has 21 heavy (non-hydrogen) atoms. The van der Waals surface area contributed by atoms with Crippen LogP contribution in [-0.2, 0) is 12.8 Å². The topological polar surface area (TPSA) is 94.1 Å². The summed E-state index contributed by atoms with van der Waals surface area (Å²) in [4.78, 5) is 20.4. The third kappa shape index (κ3) is 3.68. The van der Waals surface area contributed by atoms with Gasteiger partial charge in [0.1, 0.15) is 0 Å². The lowest BCUT2D eigenvalue weighted by atomic mass is 10.2. The number of oxazole rings is 1. The van der Waals surface area contributed by atoms with Crippen LogP contribution in [0.5, 0.6) is 0 Å². The van der Waals surface area contributed by atoms with Crippen LogP contribution >= 0.6 is 0 Å². The van der Waals surface area contributed by atoms with Gasteiger partial charge >= 0.3 is 0 Å². The van der Waals surface area contributed by atoms with E-state index in [4.69, 9.17) is 8.94 Å². The van der Waals surface area contributed by atoms with E-state index >= 15 is 0 Å². The first-order valence-electron chi connectivity index (χ1n) is 7.08. The molecule has 0 aromatic carbocycles. The Hall–Kier alpha value is -2.18. The van der Waals surface area contributed by atoms with E-state index in [2.05, 4.69) is 20.4 Å². The fourth-order valence-electron chi connectivity index (χ4n) is 1.78. The number of hydrogen-bond donors (Lipinski definition) is 1. The number of rotatable bonds is 6. The van der Waals surface area contributed by atoms with Gasteiger partial charge in [-0.2, -0.15) is 4.98 Å². The molecule has 2 aromatic rings. The molecule has 0 fully saturated rings. The molecule has 0 spiro atoms. The van der Waals surface area contributed by atoms with Crippen molar-refractivity contribution in [1.82, 2.24) is 20.4 Å². The first-order chi connectivity index (χ1) is 10.0. The second kappa shape index (κ2) is 6.51. The number of nitrogens with zero attached hydrogens (tertiary/aromatic N) is 3. The van der Waals surface area contributed by atoms with E-state index in [0.717, 1.165) is 0 Å². The summed E-state index contributed by atoms with van der Waals surface area (Å²) in [5.41, 5.74) is 0.601. The van der Waals surface area contributed by atoms with E-state index < -0.39 is 0 Å². The van der Waals surface area contributed by atoms with Crippen LogP contribution in [0.15, 0.2) is 8.94 Å². The van der Waals surface area contributed by atoms with Crippen LogP contribution in [0.25, 0.3) is 0 Å². The molecule has 0 atom stereocenters. The summed E-state index contributed by atoms with van der Waals surface area (Å²) in [6, 6.07) is 0. The highest BCUT2D eigenvalue weighted by Crippen LogP contribution is 2.11. The molecule has 1 N–H and O–H groups in total. The molecular weight excluding hydrogens is 272 g/mol. The summed E-state index contributed by atoms with van der Waals surface area (Å²) >= 11 is 0. The summed E-state index contributed by atoms with van der Waals surface area (Å²) in [6.07, 6.45) is 1.15. The lowest BCUT2D eigenvalue weighted by Crippen LogP contribution is -2.26. The molecule has 2 aromatic heterocycles. The van der Waals surface area contributed by atoms with Gasteiger partial charge in [0, 0.05) is 25.3 Å². The summed E-state index contributed by atoms with van der Waals surface area (Å²) in [5.74, 6) is 1.97. The van der Waals surface area contributed by atoms with Crippen LogP contribution in [0, 0.1) is 6.92 Å². The van der Waals surface area contributed by atoms with E-state index in [1.54, 1.807) is 6.92 Å². The normalized spacial score (nSPS) is 11.1. The molecule has 7 heteroatoms. The predicted octanol–water partition coefficient (Wildman–Crippen LogP) is 2.02. The molecule has 0 unspecified atom stereocenters. The second-order valence-corrected chi connectivity index (χ2v) is 5.08. The van der Waals surface area contributed by atoms with Gasteiger partial charge in [-0.05, 0) is 6.92 Å². The van der Waals surface area contributed by atoms with Crippen molar-refractivity contribution in [2.24, 2.45) is 0 Å². The molecule has 0 aliphatic heterocycles. The zero-order valence-electron chi connectivity index (χ0n) is 12.8. The van der Waals surface area contributed by atoms with Gasteiger partial charge in [0.25, 0.3) is 5.91 Å². The van der Waals surface area contributed by atoms with Crippen molar-refractivity contribution in [1.29, 1.82) is 0 Å². The minimum atomic E-state index is -0.275. The largest absolute Gasteiger partial charge is 0.435 e. The quantitative estimate of drug-likeness (QED) is 0.875. The molecule has 0 bridgehead atoms. The van der Waals surface area contributed by atoms with E-state index in [9.17, 15) is 4.79 Å². The Balaban J connectivity index is 1.87. The van der Waals surface area contributed by atoms with Crippen molar-refractivity contribution in [3.63, 3.8) is 0 Å². The minimum Gasteiger partial charge on any atom is -0.435 e. The summed E-state index contributed by atoms with van der Waals surface area (Å²) < 4.78 is 10.5. The SMILES string of the molecule is CCc1nc(C)c(C(=O)NCCc2nc(C(C)C)no2)o1. The molecule has 0 aliphatic carbocycles. The van der Waals surface area contributed by atoms with Crippen LogP contribution in [0.1, 0.15) is 60.5 Å². The fourth-order valence-corrected chi connectivity index (χ4v) is 1.78. The first-order valence-corrected chi connectivity index (χ1v) is 7.08. The highest BCUT2D eigenvalue weighted by molar-refractivity contribution is 5.92. The van der Waals surface area contributed by atoms with E-state index in [1.165, 1.54) is 0 Å². The van der Waals surface area contributed by atoms with Crippen molar-refractivity contribution in [2.45, 2.75) is 46.5 Å². The molecule has 114 valence electrons. The maximum atomic E-state index is 12.0. The van der Waals surface area contributed by atoms with Crippen LogP contribution in [0.4, 0.5) is 0 Å². The maximum Gasteiger partial charge on any atom is 0.289 e. The highest BCUT2D eigenvalue weighted by atomic mass is 16.5. The predicted molar refractivity (Wildman–Crippen MR) is 75.0 cm³/mol. The molecule has 7 nitrogen and oxygen atoms in total. The average Bonchev–Trinajstić information content (AvgIpc) is 3.05. The van der Waals surface area contributed by atoms with Gasteiger partial charge in [-0.15, -0.1) is 0 Å². The minimum absolute atomic E-state index is 0.224. The summed E-state index contributed by atoms with van der Waals surface area (Å²) in [6.45, 7) is 8.07. The van der Waals surface area contributed by atoms with E-state index in [0.29, 0.717) is 42.7 Å². The highest BCUT2D eigenvalue weighted by Gasteiger charge is 2.16. The van der Waals surface area contributed by atoms with Gasteiger partial charge in [-0.1, -0.05) is 25.9 Å². The van der Waals surface area contributed by atoms with Gasteiger partial charge in [-0.3, -0.25) is 4.79 Å². The van der Waals surface area contributed by atoms with Crippen LogP contribution in [-0.4, -0.2) is 27.6 Å². The Morgan fingerprint density at radius 3 is 2.62 bits per heavy atom. The third-order valence-corrected chi connectivity index (χ3v) is 2.97. The maximum absolute atomic E-state index is 12.0. The molecule has 0 saturated carbocycles. The van der Waals surface area contributed by atoms with Gasteiger partial charge in [0.05, 0.1) is 5.69 Å². The number of aryl methyl sites for hydroxylation is 2. The lowest BCUT2D eigenvalue weighted by molar-refractivity contribution is 0.0923. The Morgan fingerprint density at radius 1 is 1.29 bits per heavy atom. The summed E-state index contributed by atoms with van der Waals surface area (Å²) in [7, 11) is 0. The Bertz CT molecular complexity index is 616. The first kappa shape index (κ1) is 15.2. The Kier molecular flexibility index (Phi) is 4.72. The molecule has 0 aliphatic rings. The van der Waals surface area contributed by atoms with Crippen LogP contribution < -0.4 is 5.32 Å². The molecule has 1 amide bonds. The second-order valence-electron chi connectivity index (χ2n) is 5.08. The van der Waals surface area contributed by atoms with Crippen molar-refractivity contribution in [3.8, 4) is 0 Å². The Morgan fingerprint density at radius 2 is 2.05 bits per heavy atom. The number of carbonyl (C=O) groups excluding carboxylic acids is 1. The Labute approximate surface area is 123 Å². The molecule has 0 saturated heterocycles. The van der Waals surface area contributed by atoms with E-state index in [1.807, 2.05) is 20.8 Å². The van der Waals surface area contributed by atoms with Gasteiger partial charge in [0.2, 0.25) is 11.7 Å². The third-order valence-electron chi connectivity index (χ3n) is 2.97. The molecule has 0 radical (unpaired) electrons. The van der Waals surface area contributed by atoms with Crippen LogP contribution in [0.3, 0.4) is 0 Å². The zero-order valence-corrected chi connectivity index (χ0v) is 12.8.